The van der Waals surface area contributed by atoms with Gasteiger partial charge in [-0.3, -0.25) is 0 Å². The van der Waals surface area contributed by atoms with E-state index in [-0.39, 0.29) is 0 Å². The van der Waals surface area contributed by atoms with Gasteiger partial charge in [-0.2, -0.15) is 10.2 Å². The van der Waals surface area contributed by atoms with Crippen LogP contribution in [0.1, 0.15) is 0 Å². The summed E-state index contributed by atoms with van der Waals surface area (Å²) < 4.78 is 0. The van der Waals surface area contributed by atoms with Crippen LogP contribution in [0.15, 0.2) is 30.6 Å². The highest BCUT2D eigenvalue weighted by atomic mass is 15.1. The molecule has 12 heavy (non-hydrogen) atoms. The fourth-order valence-corrected chi connectivity index (χ4v) is 1.05. The molecule has 0 aliphatic rings. The molecule has 0 N–H and O–H groups in total. The minimum absolute atomic E-state index is 0.635. The van der Waals surface area contributed by atoms with Crippen LogP contribution in [0.25, 0.3) is 15.6 Å². The van der Waals surface area contributed by atoms with Crippen LogP contribution in [0.5, 0.6) is 0 Å². The highest BCUT2D eigenvalue weighted by Gasteiger charge is 1.94. The number of rotatable bonds is 0. The van der Waals surface area contributed by atoms with Gasteiger partial charge in [0.15, 0.2) is 5.69 Å². The predicted molar refractivity (Wildman–Crippen MR) is 45.8 cm³/mol. The molecule has 0 aliphatic heterocycles. The van der Waals surface area contributed by atoms with Gasteiger partial charge in [0.05, 0.1) is 19.0 Å². The maximum atomic E-state index is 6.81. The van der Waals surface area contributed by atoms with E-state index >= 15 is 0 Å². The molecule has 0 bridgehead atoms. The maximum Gasteiger partial charge on any atom is 0.187 e. The second kappa shape index (κ2) is 2.59. The Labute approximate surface area is 69.5 Å². The van der Waals surface area contributed by atoms with Gasteiger partial charge in [-0.05, 0) is 11.5 Å². The lowest BCUT2D eigenvalue weighted by molar-refractivity contribution is 1.05. The summed E-state index contributed by atoms with van der Waals surface area (Å²) in [5.74, 6) is 0. The van der Waals surface area contributed by atoms with E-state index < -0.39 is 0 Å². The van der Waals surface area contributed by atoms with Crippen molar-refractivity contribution < 1.29 is 0 Å². The van der Waals surface area contributed by atoms with Crippen molar-refractivity contribution in [2.24, 2.45) is 0 Å². The van der Waals surface area contributed by atoms with Crippen molar-refractivity contribution in [1.82, 2.24) is 10.2 Å². The maximum absolute atomic E-state index is 6.81. The van der Waals surface area contributed by atoms with E-state index in [1.807, 2.05) is 6.07 Å². The van der Waals surface area contributed by atoms with Crippen molar-refractivity contribution in [3.05, 3.63) is 42.0 Å². The van der Waals surface area contributed by atoms with Gasteiger partial charge in [0.2, 0.25) is 0 Å². The lowest BCUT2D eigenvalue weighted by atomic mass is 10.2. The molecule has 2 aromatic rings. The summed E-state index contributed by atoms with van der Waals surface area (Å²) >= 11 is 0. The van der Waals surface area contributed by atoms with Gasteiger partial charge in [0, 0.05) is 5.39 Å². The van der Waals surface area contributed by atoms with Gasteiger partial charge in [0.25, 0.3) is 0 Å². The molecule has 1 aromatic heterocycles. The largest absolute Gasteiger partial charge is 0.238 e. The molecule has 3 heteroatoms. The highest BCUT2D eigenvalue weighted by Crippen LogP contribution is 2.18. The van der Waals surface area contributed by atoms with Crippen molar-refractivity contribution in [2.75, 3.05) is 0 Å². The summed E-state index contributed by atoms with van der Waals surface area (Å²) in [6.07, 6.45) is 3.34. The molecular formula is C9H5N3. The number of aromatic nitrogens is 2. The molecule has 0 aliphatic carbocycles. The molecule has 0 amide bonds. The fourth-order valence-electron chi connectivity index (χ4n) is 1.05. The van der Waals surface area contributed by atoms with E-state index in [0.29, 0.717) is 5.69 Å². The van der Waals surface area contributed by atoms with Crippen LogP contribution in [-0.4, -0.2) is 10.2 Å². The number of hydrogen-bond donors (Lipinski definition) is 0. The van der Waals surface area contributed by atoms with Crippen LogP contribution in [-0.2, 0) is 0 Å². The van der Waals surface area contributed by atoms with Crippen LogP contribution >= 0.6 is 0 Å². The average Bonchev–Trinajstić information content (AvgIpc) is 2.17. The smallest absolute Gasteiger partial charge is 0.187 e. The molecule has 0 spiro atoms. The van der Waals surface area contributed by atoms with Gasteiger partial charge in [-0.15, -0.1) is 0 Å². The molecule has 2 rings (SSSR count). The molecule has 0 saturated heterocycles. The van der Waals surface area contributed by atoms with E-state index in [9.17, 15) is 0 Å². The second-order valence-corrected chi connectivity index (χ2v) is 2.41. The third kappa shape index (κ3) is 0.995. The van der Waals surface area contributed by atoms with Crippen molar-refractivity contribution >= 4 is 16.5 Å². The Morgan fingerprint density at radius 2 is 1.83 bits per heavy atom. The first kappa shape index (κ1) is 6.74. The molecule has 56 valence electrons. The number of benzene rings is 1. The summed E-state index contributed by atoms with van der Waals surface area (Å²) in [4.78, 5) is 3.32. The van der Waals surface area contributed by atoms with Crippen LogP contribution in [0.4, 0.5) is 5.69 Å². The van der Waals surface area contributed by atoms with Crippen LogP contribution < -0.4 is 0 Å². The SMILES string of the molecule is [C-]#[N+]c1ccc2cnncc2c1. The minimum Gasteiger partial charge on any atom is -0.238 e. The van der Waals surface area contributed by atoms with Crippen molar-refractivity contribution in [3.8, 4) is 0 Å². The van der Waals surface area contributed by atoms with Crippen molar-refractivity contribution in [1.29, 1.82) is 0 Å². The summed E-state index contributed by atoms with van der Waals surface area (Å²) in [7, 11) is 0. The van der Waals surface area contributed by atoms with Gasteiger partial charge in [-0.1, -0.05) is 12.1 Å². The molecule has 0 unspecified atom stereocenters. The van der Waals surface area contributed by atoms with Crippen molar-refractivity contribution in [3.63, 3.8) is 0 Å². The number of hydrogen-bond acceptors (Lipinski definition) is 2. The lowest BCUT2D eigenvalue weighted by Crippen LogP contribution is -1.78. The minimum atomic E-state index is 0.635. The first-order valence-corrected chi connectivity index (χ1v) is 3.48. The quantitative estimate of drug-likeness (QED) is 0.546. The highest BCUT2D eigenvalue weighted by molar-refractivity contribution is 5.84. The Morgan fingerprint density at radius 3 is 2.58 bits per heavy atom. The molecule has 0 radical (unpaired) electrons. The average molecular weight is 155 g/mol. The standard InChI is InChI=1S/C9H5N3/c1-10-9-3-2-7-5-11-12-6-8(7)4-9/h2-6H. The first-order valence-electron chi connectivity index (χ1n) is 3.48. The first-order chi connectivity index (χ1) is 5.90. The van der Waals surface area contributed by atoms with Crippen LogP contribution in [0.2, 0.25) is 0 Å². The summed E-state index contributed by atoms with van der Waals surface area (Å²) in [6, 6.07) is 5.45. The Kier molecular flexibility index (Phi) is 1.45. The Hall–Kier alpha value is -1.95. The van der Waals surface area contributed by atoms with Gasteiger partial charge >= 0.3 is 0 Å². The molecule has 1 heterocycles. The molecule has 0 fully saturated rings. The second-order valence-electron chi connectivity index (χ2n) is 2.41. The fraction of sp³-hybridized carbons (Fsp3) is 0. The summed E-state index contributed by atoms with van der Waals surface area (Å²) in [5.41, 5.74) is 0.635. The van der Waals surface area contributed by atoms with E-state index in [2.05, 4.69) is 15.0 Å². The van der Waals surface area contributed by atoms with Gasteiger partial charge in [0.1, 0.15) is 0 Å². The van der Waals surface area contributed by atoms with Crippen LogP contribution in [0, 0.1) is 6.57 Å². The Bertz CT molecular complexity index is 457. The Balaban J connectivity index is 2.78. The molecular weight excluding hydrogens is 150 g/mol. The lowest BCUT2D eigenvalue weighted by Gasteiger charge is -1.94. The predicted octanol–water partition coefficient (Wildman–Crippen LogP) is 2.18. The van der Waals surface area contributed by atoms with Gasteiger partial charge in [-0.25, -0.2) is 4.85 Å². The Morgan fingerprint density at radius 1 is 1.08 bits per heavy atom. The number of nitrogens with zero attached hydrogens (tertiary/aromatic N) is 3. The topological polar surface area (TPSA) is 30.1 Å². The van der Waals surface area contributed by atoms with Crippen LogP contribution in [0.3, 0.4) is 0 Å². The third-order valence-corrected chi connectivity index (χ3v) is 1.66. The summed E-state index contributed by atoms with van der Waals surface area (Å²) in [5, 5.41) is 9.44. The molecule has 0 atom stereocenters. The molecule has 0 saturated carbocycles. The normalized spacial score (nSPS) is 9.58. The monoisotopic (exact) mass is 155 g/mol. The van der Waals surface area contributed by atoms with E-state index in [1.54, 1.807) is 24.5 Å². The molecule has 3 nitrogen and oxygen atoms in total. The third-order valence-electron chi connectivity index (χ3n) is 1.66. The zero-order valence-electron chi connectivity index (χ0n) is 6.23. The van der Waals surface area contributed by atoms with Crippen molar-refractivity contribution in [2.45, 2.75) is 0 Å². The number of fused-ring (bicyclic) bond motifs is 1. The van der Waals surface area contributed by atoms with Gasteiger partial charge < -0.3 is 0 Å². The van der Waals surface area contributed by atoms with E-state index in [0.717, 1.165) is 10.8 Å². The zero-order valence-corrected chi connectivity index (χ0v) is 6.23. The zero-order chi connectivity index (χ0) is 8.39. The summed E-state index contributed by atoms with van der Waals surface area (Å²) in [6.45, 7) is 6.81. The van der Waals surface area contributed by atoms with E-state index in [4.69, 9.17) is 6.57 Å². The van der Waals surface area contributed by atoms with E-state index in [1.165, 1.54) is 0 Å². The molecule has 1 aromatic carbocycles.